The van der Waals surface area contributed by atoms with E-state index >= 15 is 0 Å². The molecule has 3 saturated carbocycles. The van der Waals surface area contributed by atoms with Crippen molar-refractivity contribution in [2.75, 3.05) is 0 Å². The van der Waals surface area contributed by atoms with Gasteiger partial charge in [-0.15, -0.1) is 0 Å². The third kappa shape index (κ3) is 7.00. The molecule has 3 aliphatic rings. The molecule has 176 valence electrons. The third-order valence-electron chi connectivity index (χ3n) is 8.28. The lowest BCUT2D eigenvalue weighted by atomic mass is 9.64. The lowest BCUT2D eigenvalue weighted by molar-refractivity contribution is 0.0762. The van der Waals surface area contributed by atoms with E-state index < -0.39 is 0 Å². The molecule has 0 N–H and O–H groups in total. The average molecular weight is 409 g/mol. The van der Waals surface area contributed by atoms with Crippen LogP contribution in [0.25, 0.3) is 0 Å². The van der Waals surface area contributed by atoms with E-state index in [0.717, 1.165) is 35.5 Å². The van der Waals surface area contributed by atoms with Gasteiger partial charge in [-0.2, -0.15) is 0 Å². The maximum absolute atomic E-state index is 2.44. The van der Waals surface area contributed by atoms with Crippen molar-refractivity contribution in [2.45, 2.75) is 130 Å². The van der Waals surface area contributed by atoms with Gasteiger partial charge in [0, 0.05) is 0 Å². The fourth-order valence-electron chi connectivity index (χ4n) is 6.92. The summed E-state index contributed by atoms with van der Waals surface area (Å²) in [6.07, 6.45) is 7.39. The summed E-state index contributed by atoms with van der Waals surface area (Å²) in [7, 11) is 0. The predicted molar refractivity (Wildman–Crippen MR) is 135 cm³/mol. The quantitative estimate of drug-likeness (QED) is 0.374. The largest absolute Gasteiger partial charge is 0.0776 e. The molecule has 0 bridgehead atoms. The summed E-state index contributed by atoms with van der Waals surface area (Å²) >= 11 is 0. The second-order valence-corrected chi connectivity index (χ2v) is 14.6. The molecule has 0 aromatic carbocycles. The minimum Gasteiger partial charge on any atom is -0.0776 e. The summed E-state index contributed by atoms with van der Waals surface area (Å²) < 4.78 is 0. The maximum Gasteiger partial charge on any atom is -0.0301 e. The van der Waals surface area contributed by atoms with Gasteiger partial charge in [0.05, 0.1) is 0 Å². The molecule has 0 saturated heterocycles. The Hall–Kier alpha value is 0. The minimum absolute atomic E-state index is 0. The first-order valence-corrected chi connectivity index (χ1v) is 11.9. The van der Waals surface area contributed by atoms with Gasteiger partial charge in [0.1, 0.15) is 0 Å². The van der Waals surface area contributed by atoms with E-state index in [2.05, 4.69) is 83.1 Å². The molecule has 29 heavy (non-hydrogen) atoms. The Balaban J connectivity index is 0.000000507. The van der Waals surface area contributed by atoms with Gasteiger partial charge in [-0.3, -0.25) is 0 Å². The first kappa shape index (κ1) is 29.0. The summed E-state index contributed by atoms with van der Waals surface area (Å²) in [5.41, 5.74) is 2.06. The SMILES string of the molecule is C.C.CC(C)(C)C1CC2CC2C1C(C)(C)C.CC(C)(C)C1CCCC1C(C)(C)C. The van der Waals surface area contributed by atoms with Crippen LogP contribution in [0.1, 0.15) is 130 Å². The second kappa shape index (κ2) is 9.24. The Morgan fingerprint density at radius 2 is 0.862 bits per heavy atom. The van der Waals surface area contributed by atoms with Crippen molar-refractivity contribution < 1.29 is 0 Å². The normalized spacial score (nSPS) is 34.3. The maximum atomic E-state index is 2.44. The Kier molecular flexibility index (Phi) is 9.24. The van der Waals surface area contributed by atoms with Gasteiger partial charge in [-0.05, 0) is 82.9 Å². The van der Waals surface area contributed by atoms with Crippen molar-refractivity contribution in [3.8, 4) is 0 Å². The van der Waals surface area contributed by atoms with E-state index in [1.165, 1.54) is 32.1 Å². The van der Waals surface area contributed by atoms with Crippen LogP contribution in [0.5, 0.6) is 0 Å². The standard InChI is InChI=1S/C14H26.C13H26.2CH4/c1-13(2,3)11-8-9-7-10(9)12(11)14(4,5)6;1-12(2,3)10-8-7-9-11(10)13(4,5)6;;/h9-12H,7-8H2,1-6H3;10-11H,7-9H2,1-6H3;2*1H4. The van der Waals surface area contributed by atoms with Crippen LogP contribution in [0, 0.1) is 57.2 Å². The minimum atomic E-state index is 0. The fraction of sp³-hybridized carbons (Fsp3) is 1.00. The second-order valence-electron chi connectivity index (χ2n) is 14.6. The van der Waals surface area contributed by atoms with Crippen molar-refractivity contribution in [1.82, 2.24) is 0 Å². The summed E-state index contributed by atoms with van der Waals surface area (Å²) in [4.78, 5) is 0. The third-order valence-corrected chi connectivity index (χ3v) is 8.28. The first-order valence-electron chi connectivity index (χ1n) is 11.9. The molecule has 0 aromatic heterocycles. The van der Waals surface area contributed by atoms with Gasteiger partial charge >= 0.3 is 0 Å². The highest BCUT2D eigenvalue weighted by molar-refractivity contribution is 5.07. The molecule has 0 heteroatoms. The topological polar surface area (TPSA) is 0 Å². The molecule has 3 fully saturated rings. The fourth-order valence-corrected chi connectivity index (χ4v) is 6.92. The molecule has 0 nitrogen and oxygen atoms in total. The predicted octanol–water partition coefficient (Wildman–Crippen LogP) is 10.1. The summed E-state index contributed by atoms with van der Waals surface area (Å²) in [6.45, 7) is 29.0. The van der Waals surface area contributed by atoms with Crippen molar-refractivity contribution in [3.05, 3.63) is 0 Å². The molecule has 0 spiro atoms. The number of hydrogen-bond acceptors (Lipinski definition) is 0. The number of rotatable bonds is 0. The number of fused-ring (bicyclic) bond motifs is 1. The van der Waals surface area contributed by atoms with Crippen LogP contribution in [0.3, 0.4) is 0 Å². The van der Waals surface area contributed by atoms with E-state index in [9.17, 15) is 0 Å². The van der Waals surface area contributed by atoms with Gasteiger partial charge in [-0.25, -0.2) is 0 Å². The Morgan fingerprint density at radius 3 is 1.14 bits per heavy atom. The molecule has 0 radical (unpaired) electrons. The summed E-state index contributed by atoms with van der Waals surface area (Å²) in [5, 5.41) is 0. The van der Waals surface area contributed by atoms with Crippen LogP contribution in [0.2, 0.25) is 0 Å². The van der Waals surface area contributed by atoms with Crippen LogP contribution in [-0.2, 0) is 0 Å². The number of hydrogen-bond donors (Lipinski definition) is 0. The van der Waals surface area contributed by atoms with Crippen LogP contribution in [0.15, 0.2) is 0 Å². The zero-order chi connectivity index (χ0) is 21.0. The molecule has 3 aliphatic carbocycles. The molecular formula is C29H60. The Bertz CT molecular complexity index is 464. The summed E-state index contributed by atoms with van der Waals surface area (Å²) in [6, 6.07) is 0. The van der Waals surface area contributed by atoms with E-state index in [-0.39, 0.29) is 14.9 Å². The van der Waals surface area contributed by atoms with Crippen LogP contribution in [-0.4, -0.2) is 0 Å². The van der Waals surface area contributed by atoms with E-state index in [1.54, 1.807) is 0 Å². The monoisotopic (exact) mass is 408 g/mol. The van der Waals surface area contributed by atoms with E-state index in [4.69, 9.17) is 0 Å². The zero-order valence-electron chi connectivity index (χ0n) is 21.0. The molecule has 0 aromatic rings. The molecule has 6 unspecified atom stereocenters. The lowest BCUT2D eigenvalue weighted by Gasteiger charge is -2.41. The zero-order valence-corrected chi connectivity index (χ0v) is 21.0. The average Bonchev–Trinajstić information content (AvgIpc) is 2.88. The van der Waals surface area contributed by atoms with Gasteiger partial charge < -0.3 is 0 Å². The highest BCUT2D eigenvalue weighted by atomic mass is 14.6. The van der Waals surface area contributed by atoms with Gasteiger partial charge in [0.2, 0.25) is 0 Å². The van der Waals surface area contributed by atoms with E-state index in [1.807, 2.05) is 0 Å². The van der Waals surface area contributed by atoms with Gasteiger partial charge in [0.25, 0.3) is 0 Å². The summed E-state index contributed by atoms with van der Waals surface area (Å²) in [5.74, 6) is 6.00. The van der Waals surface area contributed by atoms with Crippen molar-refractivity contribution >= 4 is 0 Å². The van der Waals surface area contributed by atoms with Crippen molar-refractivity contribution in [1.29, 1.82) is 0 Å². The highest BCUT2D eigenvalue weighted by Gasteiger charge is 2.58. The van der Waals surface area contributed by atoms with Crippen LogP contribution >= 0.6 is 0 Å². The smallest absolute Gasteiger partial charge is 0.0301 e. The molecule has 0 amide bonds. The van der Waals surface area contributed by atoms with Gasteiger partial charge in [-0.1, -0.05) is 104 Å². The van der Waals surface area contributed by atoms with Crippen molar-refractivity contribution in [2.24, 2.45) is 57.2 Å². The van der Waals surface area contributed by atoms with Crippen molar-refractivity contribution in [3.63, 3.8) is 0 Å². The Labute approximate surface area is 187 Å². The molecule has 3 rings (SSSR count). The lowest BCUT2D eigenvalue weighted by Crippen LogP contribution is -2.34. The van der Waals surface area contributed by atoms with Crippen LogP contribution in [0.4, 0.5) is 0 Å². The molecule has 0 heterocycles. The molecular weight excluding hydrogens is 348 g/mol. The van der Waals surface area contributed by atoms with Crippen LogP contribution < -0.4 is 0 Å². The Morgan fingerprint density at radius 1 is 0.483 bits per heavy atom. The molecule has 6 atom stereocenters. The van der Waals surface area contributed by atoms with Gasteiger partial charge in [0.15, 0.2) is 0 Å². The highest BCUT2D eigenvalue weighted by Crippen LogP contribution is 2.66. The van der Waals surface area contributed by atoms with E-state index in [0.29, 0.717) is 21.7 Å². The first-order chi connectivity index (χ1) is 11.9. The molecule has 0 aliphatic heterocycles.